The molecule has 14 heteroatoms. The zero-order valence-corrected chi connectivity index (χ0v) is 26.6. The first kappa shape index (κ1) is 31.8. The van der Waals surface area contributed by atoms with Gasteiger partial charge in [0.05, 0.1) is 30.3 Å². The molecule has 0 spiro atoms. The van der Waals surface area contributed by atoms with Crippen LogP contribution in [0.5, 0.6) is 5.75 Å². The third kappa shape index (κ3) is 6.97. The number of hydrogen-bond donors (Lipinski definition) is 2. The lowest BCUT2D eigenvalue weighted by molar-refractivity contribution is 0.168. The first-order valence-corrected chi connectivity index (χ1v) is 15.9. The predicted molar refractivity (Wildman–Crippen MR) is 175 cm³/mol. The number of rotatable bonds is 8. The van der Waals surface area contributed by atoms with Gasteiger partial charge in [0.2, 0.25) is 0 Å². The van der Waals surface area contributed by atoms with E-state index in [9.17, 15) is 18.4 Å². The van der Waals surface area contributed by atoms with E-state index in [1.54, 1.807) is 18.3 Å². The summed E-state index contributed by atoms with van der Waals surface area (Å²) >= 11 is 12.8. The molecule has 46 heavy (non-hydrogen) atoms. The number of H-pyrrole nitrogens is 1. The fourth-order valence-electron chi connectivity index (χ4n) is 5.94. The van der Waals surface area contributed by atoms with Crippen molar-refractivity contribution in [3.8, 4) is 5.75 Å². The number of aromatic amines is 1. The lowest BCUT2D eigenvalue weighted by atomic mass is 10.0. The Labute approximate surface area is 273 Å². The number of benzene rings is 2. The Morgan fingerprint density at radius 3 is 2.30 bits per heavy atom. The van der Waals surface area contributed by atoms with Gasteiger partial charge in [-0.2, -0.15) is 10.2 Å². The lowest BCUT2D eigenvalue weighted by Crippen LogP contribution is -2.40. The Balaban J connectivity index is 1.10. The Bertz CT molecular complexity index is 1840. The number of ether oxygens (including phenoxy) is 1. The number of nitrogens with zero attached hydrogens (tertiary/aromatic N) is 5. The van der Waals surface area contributed by atoms with Gasteiger partial charge in [-0.1, -0.05) is 35.3 Å². The summed E-state index contributed by atoms with van der Waals surface area (Å²) in [5, 5.41) is 14.1. The number of hydrogen-bond acceptors (Lipinski definition) is 8. The van der Waals surface area contributed by atoms with E-state index in [0.29, 0.717) is 61.7 Å². The van der Waals surface area contributed by atoms with Gasteiger partial charge in [0.25, 0.3) is 11.1 Å². The van der Waals surface area contributed by atoms with Crippen molar-refractivity contribution in [3.63, 3.8) is 0 Å². The molecule has 0 atom stereocenters. The van der Waals surface area contributed by atoms with Gasteiger partial charge in [-0.15, -0.1) is 0 Å². The smallest absolute Gasteiger partial charge is 0.287 e. The number of piperidine rings is 2. The molecule has 4 heterocycles. The maximum Gasteiger partial charge on any atom is 0.287 e. The number of aromatic nitrogens is 4. The molecule has 2 N–H and O–H groups in total. The molecule has 2 aliphatic heterocycles. The molecular weight excluding hydrogens is 639 g/mol. The molecule has 2 saturated heterocycles. The van der Waals surface area contributed by atoms with Gasteiger partial charge in [0.1, 0.15) is 33.5 Å². The Kier molecular flexibility index (Phi) is 9.46. The van der Waals surface area contributed by atoms with Crippen molar-refractivity contribution in [1.29, 1.82) is 0 Å². The lowest BCUT2D eigenvalue weighted by Gasteiger charge is -2.34. The summed E-state index contributed by atoms with van der Waals surface area (Å²) in [7, 11) is 0. The zero-order valence-electron chi connectivity index (χ0n) is 25.1. The van der Waals surface area contributed by atoms with Crippen molar-refractivity contribution in [2.45, 2.75) is 51.3 Å². The normalized spacial score (nSPS) is 16.1. The standard InChI is InChI=1S/C32H33Cl2F2N7O3/c1-19-2-4-21(35)14-25(19)39-23-6-10-41(11-7-23)27-17-38-43(32(45)30(27)34)18-20-3-5-22(36)15-28(20)46-24-8-12-42(13-9-24)26-16-37-40-31(44)29(26)33/h2-5,14-17,23-24,39H,6-13,18H2,1H3,(H,40,44). The van der Waals surface area contributed by atoms with Crippen LogP contribution in [-0.2, 0) is 6.54 Å². The molecule has 0 amide bonds. The van der Waals surface area contributed by atoms with Crippen LogP contribution in [0, 0.1) is 18.6 Å². The van der Waals surface area contributed by atoms with E-state index in [1.807, 2.05) is 16.7 Å². The summed E-state index contributed by atoms with van der Waals surface area (Å²) in [5.41, 5.74) is 2.55. The minimum atomic E-state index is -0.461. The van der Waals surface area contributed by atoms with Crippen LogP contribution in [0.15, 0.2) is 58.4 Å². The maximum absolute atomic E-state index is 14.3. The molecule has 0 saturated carbocycles. The van der Waals surface area contributed by atoms with Crippen LogP contribution in [0.3, 0.4) is 0 Å². The zero-order chi connectivity index (χ0) is 32.4. The summed E-state index contributed by atoms with van der Waals surface area (Å²) < 4.78 is 35.5. The van der Waals surface area contributed by atoms with Gasteiger partial charge in [-0.3, -0.25) is 9.59 Å². The number of halogens is 4. The molecule has 242 valence electrons. The van der Waals surface area contributed by atoms with Crippen molar-refractivity contribution in [1.82, 2.24) is 20.0 Å². The molecule has 0 aliphatic carbocycles. The summed E-state index contributed by atoms with van der Waals surface area (Å²) in [6, 6.07) is 9.07. The summed E-state index contributed by atoms with van der Waals surface area (Å²) in [5.74, 6) is -0.418. The molecule has 2 aromatic carbocycles. The largest absolute Gasteiger partial charge is 0.490 e. The Hall–Kier alpha value is -4.16. The van der Waals surface area contributed by atoms with Gasteiger partial charge in [0.15, 0.2) is 0 Å². The average molecular weight is 673 g/mol. The van der Waals surface area contributed by atoms with Gasteiger partial charge >= 0.3 is 0 Å². The van der Waals surface area contributed by atoms with Gasteiger partial charge in [-0.25, -0.2) is 18.6 Å². The highest BCUT2D eigenvalue weighted by Crippen LogP contribution is 2.30. The maximum atomic E-state index is 14.3. The van der Waals surface area contributed by atoms with E-state index in [2.05, 4.69) is 20.6 Å². The van der Waals surface area contributed by atoms with Crippen molar-refractivity contribution >= 4 is 40.3 Å². The van der Waals surface area contributed by atoms with Crippen molar-refractivity contribution in [2.75, 3.05) is 41.3 Å². The summed E-state index contributed by atoms with van der Waals surface area (Å²) in [6.45, 7) is 4.41. The van der Waals surface area contributed by atoms with Crippen LogP contribution >= 0.6 is 23.2 Å². The monoisotopic (exact) mass is 671 g/mol. The first-order valence-electron chi connectivity index (χ1n) is 15.1. The number of aryl methyl sites for hydroxylation is 1. The number of anilines is 3. The summed E-state index contributed by atoms with van der Waals surface area (Å²) in [4.78, 5) is 29.2. The molecule has 0 radical (unpaired) electrons. The quantitative estimate of drug-likeness (QED) is 0.257. The summed E-state index contributed by atoms with van der Waals surface area (Å²) in [6.07, 6.45) is 5.64. The molecule has 4 aromatic rings. The molecule has 10 nitrogen and oxygen atoms in total. The minimum Gasteiger partial charge on any atom is -0.490 e. The molecule has 6 rings (SSSR count). The highest BCUT2D eigenvalue weighted by Gasteiger charge is 2.26. The van der Waals surface area contributed by atoms with Crippen molar-refractivity contribution in [2.24, 2.45) is 0 Å². The van der Waals surface area contributed by atoms with Crippen LogP contribution in [0.4, 0.5) is 25.8 Å². The predicted octanol–water partition coefficient (Wildman–Crippen LogP) is 5.40. The van der Waals surface area contributed by atoms with Crippen LogP contribution in [0.25, 0.3) is 0 Å². The molecule has 0 unspecified atom stereocenters. The SMILES string of the molecule is Cc1ccc(F)cc1NC1CCN(c2cnn(Cc3ccc(F)cc3OC3CCN(c4cn[nH]c(=O)c4Cl)CC3)c(=O)c2Cl)CC1. The number of nitrogens with one attached hydrogen (secondary N) is 2. The van der Waals surface area contributed by atoms with E-state index in [1.165, 1.54) is 35.1 Å². The average Bonchev–Trinajstić information content (AvgIpc) is 3.05. The van der Waals surface area contributed by atoms with Crippen LogP contribution in [0.1, 0.15) is 36.8 Å². The Morgan fingerprint density at radius 1 is 0.913 bits per heavy atom. The van der Waals surface area contributed by atoms with E-state index in [-0.39, 0.29) is 34.6 Å². The molecule has 0 bridgehead atoms. The van der Waals surface area contributed by atoms with E-state index in [4.69, 9.17) is 27.9 Å². The second kappa shape index (κ2) is 13.7. The molecule has 2 aliphatic rings. The van der Waals surface area contributed by atoms with Crippen LogP contribution in [0.2, 0.25) is 10.0 Å². The molecular formula is C32H33Cl2F2N7O3. The van der Waals surface area contributed by atoms with E-state index < -0.39 is 16.9 Å². The van der Waals surface area contributed by atoms with Gasteiger partial charge in [-0.05, 0) is 43.5 Å². The Morgan fingerprint density at radius 2 is 1.57 bits per heavy atom. The van der Waals surface area contributed by atoms with Crippen LogP contribution < -0.4 is 31.0 Å². The second-order valence-electron chi connectivity index (χ2n) is 11.6. The fourth-order valence-corrected chi connectivity index (χ4v) is 6.42. The second-order valence-corrected chi connectivity index (χ2v) is 12.4. The van der Waals surface area contributed by atoms with Gasteiger partial charge < -0.3 is 19.9 Å². The topological polar surface area (TPSA) is 108 Å². The van der Waals surface area contributed by atoms with E-state index in [0.717, 1.165) is 24.1 Å². The van der Waals surface area contributed by atoms with Gasteiger partial charge in [0, 0.05) is 62.4 Å². The van der Waals surface area contributed by atoms with Crippen molar-refractivity contribution in [3.05, 3.63) is 102 Å². The van der Waals surface area contributed by atoms with E-state index >= 15 is 0 Å². The third-order valence-corrected chi connectivity index (χ3v) is 9.28. The molecule has 2 aromatic heterocycles. The van der Waals surface area contributed by atoms with Crippen LogP contribution in [-0.4, -0.2) is 58.3 Å². The molecule has 2 fully saturated rings. The van der Waals surface area contributed by atoms with Crippen molar-refractivity contribution < 1.29 is 13.5 Å². The third-order valence-electron chi connectivity index (χ3n) is 8.56. The fraction of sp³-hybridized carbons (Fsp3) is 0.375. The highest BCUT2D eigenvalue weighted by atomic mass is 35.5. The highest BCUT2D eigenvalue weighted by molar-refractivity contribution is 6.33. The minimum absolute atomic E-state index is 0.0420. The first-order chi connectivity index (χ1) is 22.2.